The number of ether oxygens (including phenoxy) is 1. The minimum absolute atomic E-state index is 0.420. The summed E-state index contributed by atoms with van der Waals surface area (Å²) in [6, 6.07) is 9.92. The molecule has 0 aliphatic carbocycles. The second-order valence-electron chi connectivity index (χ2n) is 5.86. The molecule has 19 heavy (non-hydrogen) atoms. The van der Waals surface area contributed by atoms with Gasteiger partial charge < -0.3 is 9.84 Å². The Hall–Kier alpha value is -0.670. The Kier molecular flexibility index (Phi) is 4.04. The molecule has 1 N–H and O–H groups in total. The van der Waals surface area contributed by atoms with Crippen molar-refractivity contribution in [2.75, 3.05) is 6.61 Å². The third-order valence-corrected chi connectivity index (χ3v) is 5.78. The van der Waals surface area contributed by atoms with Crippen LogP contribution in [0.25, 0.3) is 0 Å². The first-order chi connectivity index (χ1) is 9.23. The van der Waals surface area contributed by atoms with Gasteiger partial charge in [-0.1, -0.05) is 18.2 Å². The molecule has 2 aliphatic rings. The van der Waals surface area contributed by atoms with E-state index >= 15 is 0 Å². The molecule has 2 aliphatic heterocycles. The predicted molar refractivity (Wildman–Crippen MR) is 79.8 cm³/mol. The molecule has 0 amide bonds. The van der Waals surface area contributed by atoms with Gasteiger partial charge in [0.25, 0.3) is 0 Å². The molecule has 2 bridgehead atoms. The lowest BCUT2D eigenvalue weighted by molar-refractivity contribution is 0.0105. The van der Waals surface area contributed by atoms with Crippen molar-refractivity contribution in [3.8, 4) is 5.75 Å². The van der Waals surface area contributed by atoms with Crippen LogP contribution in [-0.4, -0.2) is 27.8 Å². The standard InChI is InChI=1S/C16H22O2S/c17-16(11-14-7-8-15(12-16)19-14)9-4-10-18-13-5-2-1-3-6-13/h1-3,5-6,14-15,17H,4,7-12H2. The molecule has 3 heteroatoms. The van der Waals surface area contributed by atoms with E-state index in [0.29, 0.717) is 17.1 Å². The number of hydrogen-bond donors (Lipinski definition) is 1. The summed E-state index contributed by atoms with van der Waals surface area (Å²) in [6.45, 7) is 0.703. The predicted octanol–water partition coefficient (Wildman–Crippen LogP) is 3.63. The molecule has 3 rings (SSSR count). The van der Waals surface area contributed by atoms with Gasteiger partial charge in [-0.2, -0.15) is 11.8 Å². The highest BCUT2D eigenvalue weighted by Crippen LogP contribution is 2.48. The van der Waals surface area contributed by atoms with E-state index in [-0.39, 0.29) is 0 Å². The first-order valence-corrected chi connectivity index (χ1v) is 8.23. The SMILES string of the molecule is OC1(CCCOc2ccccc2)CC2CCC(C1)S2. The first kappa shape index (κ1) is 13.3. The van der Waals surface area contributed by atoms with Crippen LogP contribution in [0.5, 0.6) is 5.75 Å². The number of fused-ring (bicyclic) bond motifs is 2. The van der Waals surface area contributed by atoms with Crippen molar-refractivity contribution in [2.24, 2.45) is 0 Å². The summed E-state index contributed by atoms with van der Waals surface area (Å²) in [7, 11) is 0. The van der Waals surface area contributed by atoms with Crippen molar-refractivity contribution in [1.82, 2.24) is 0 Å². The molecule has 2 nitrogen and oxygen atoms in total. The van der Waals surface area contributed by atoms with Crippen LogP contribution in [0.2, 0.25) is 0 Å². The number of rotatable bonds is 5. The number of para-hydroxylation sites is 1. The lowest BCUT2D eigenvalue weighted by atomic mass is 9.89. The average molecular weight is 278 g/mol. The van der Waals surface area contributed by atoms with Crippen LogP contribution >= 0.6 is 11.8 Å². The number of thioether (sulfide) groups is 1. The maximum absolute atomic E-state index is 10.7. The van der Waals surface area contributed by atoms with Gasteiger partial charge in [-0.3, -0.25) is 0 Å². The van der Waals surface area contributed by atoms with Gasteiger partial charge in [0.05, 0.1) is 12.2 Å². The van der Waals surface area contributed by atoms with Gasteiger partial charge in [0, 0.05) is 10.5 Å². The maximum Gasteiger partial charge on any atom is 0.119 e. The molecular formula is C16H22O2S. The quantitative estimate of drug-likeness (QED) is 0.834. The fourth-order valence-electron chi connectivity index (χ4n) is 3.32. The smallest absolute Gasteiger partial charge is 0.119 e. The van der Waals surface area contributed by atoms with E-state index in [0.717, 1.165) is 31.4 Å². The average Bonchev–Trinajstić information content (AvgIpc) is 2.76. The topological polar surface area (TPSA) is 29.5 Å². The lowest BCUT2D eigenvalue weighted by Gasteiger charge is -2.36. The largest absolute Gasteiger partial charge is 0.494 e. The summed E-state index contributed by atoms with van der Waals surface area (Å²) in [5, 5.41) is 12.1. The van der Waals surface area contributed by atoms with Crippen molar-refractivity contribution in [3.63, 3.8) is 0 Å². The van der Waals surface area contributed by atoms with Crippen molar-refractivity contribution >= 4 is 11.8 Å². The summed E-state index contributed by atoms with van der Waals surface area (Å²) in [6.07, 6.45) is 6.40. The van der Waals surface area contributed by atoms with Crippen molar-refractivity contribution in [3.05, 3.63) is 30.3 Å². The molecule has 2 unspecified atom stereocenters. The third-order valence-electron chi connectivity index (χ3n) is 4.21. The summed E-state index contributed by atoms with van der Waals surface area (Å²) >= 11 is 2.10. The highest BCUT2D eigenvalue weighted by molar-refractivity contribution is 8.00. The maximum atomic E-state index is 10.7. The van der Waals surface area contributed by atoms with Gasteiger partial charge in [0.1, 0.15) is 5.75 Å². The zero-order valence-corrected chi connectivity index (χ0v) is 12.1. The van der Waals surface area contributed by atoms with E-state index in [4.69, 9.17) is 4.74 Å². The lowest BCUT2D eigenvalue weighted by Crippen LogP contribution is -2.37. The normalized spacial score (nSPS) is 33.3. The monoisotopic (exact) mass is 278 g/mol. The Balaban J connectivity index is 1.42. The molecule has 0 radical (unpaired) electrons. The van der Waals surface area contributed by atoms with E-state index in [1.54, 1.807) is 0 Å². The van der Waals surface area contributed by atoms with Crippen molar-refractivity contribution < 1.29 is 9.84 Å². The van der Waals surface area contributed by atoms with Crippen LogP contribution in [0.1, 0.15) is 38.5 Å². The zero-order valence-electron chi connectivity index (χ0n) is 11.3. The summed E-state index contributed by atoms with van der Waals surface area (Å²) < 4.78 is 5.70. The van der Waals surface area contributed by atoms with Gasteiger partial charge >= 0.3 is 0 Å². The van der Waals surface area contributed by atoms with Crippen molar-refractivity contribution in [1.29, 1.82) is 0 Å². The third kappa shape index (κ3) is 3.46. The van der Waals surface area contributed by atoms with E-state index in [1.165, 1.54) is 12.8 Å². The van der Waals surface area contributed by atoms with Crippen LogP contribution in [0, 0.1) is 0 Å². The van der Waals surface area contributed by atoms with E-state index in [2.05, 4.69) is 11.8 Å². The Bertz CT molecular complexity index is 394. The van der Waals surface area contributed by atoms with Gasteiger partial charge in [-0.05, 0) is 50.7 Å². The highest BCUT2D eigenvalue weighted by atomic mass is 32.2. The molecule has 0 saturated carbocycles. The van der Waals surface area contributed by atoms with Crippen LogP contribution < -0.4 is 4.74 Å². The molecule has 1 aromatic carbocycles. The van der Waals surface area contributed by atoms with Crippen LogP contribution in [0.4, 0.5) is 0 Å². The molecule has 0 aromatic heterocycles. The molecule has 2 heterocycles. The van der Waals surface area contributed by atoms with Gasteiger partial charge in [-0.25, -0.2) is 0 Å². The first-order valence-electron chi connectivity index (χ1n) is 7.29. The van der Waals surface area contributed by atoms with Crippen LogP contribution in [0.15, 0.2) is 30.3 Å². The van der Waals surface area contributed by atoms with E-state index in [9.17, 15) is 5.11 Å². The molecule has 0 spiro atoms. The summed E-state index contributed by atoms with van der Waals surface area (Å²) in [4.78, 5) is 0. The molecular weight excluding hydrogens is 256 g/mol. The Morgan fingerprint density at radius 2 is 1.84 bits per heavy atom. The number of benzene rings is 1. The van der Waals surface area contributed by atoms with E-state index < -0.39 is 5.60 Å². The second-order valence-corrected chi connectivity index (χ2v) is 7.46. The van der Waals surface area contributed by atoms with Crippen LogP contribution in [-0.2, 0) is 0 Å². The van der Waals surface area contributed by atoms with E-state index in [1.807, 2.05) is 30.3 Å². The Morgan fingerprint density at radius 1 is 1.16 bits per heavy atom. The van der Waals surface area contributed by atoms with Crippen LogP contribution in [0.3, 0.4) is 0 Å². The van der Waals surface area contributed by atoms with Crippen molar-refractivity contribution in [2.45, 2.75) is 54.6 Å². The van der Waals surface area contributed by atoms with Gasteiger partial charge in [0.15, 0.2) is 0 Å². The molecule has 1 aromatic rings. The summed E-state index contributed by atoms with van der Waals surface area (Å²) in [5.74, 6) is 0.925. The number of aliphatic hydroxyl groups is 1. The minimum atomic E-state index is -0.420. The molecule has 2 atom stereocenters. The Morgan fingerprint density at radius 3 is 2.53 bits per heavy atom. The molecule has 104 valence electrons. The highest BCUT2D eigenvalue weighted by Gasteiger charge is 2.42. The number of hydrogen-bond acceptors (Lipinski definition) is 3. The summed E-state index contributed by atoms with van der Waals surface area (Å²) in [5.41, 5.74) is -0.420. The minimum Gasteiger partial charge on any atom is -0.494 e. The molecule has 2 fully saturated rings. The fraction of sp³-hybridized carbons (Fsp3) is 0.625. The molecule has 2 saturated heterocycles. The van der Waals surface area contributed by atoms with Gasteiger partial charge in [-0.15, -0.1) is 0 Å². The zero-order chi connectivity index (χ0) is 13.1. The van der Waals surface area contributed by atoms with Gasteiger partial charge in [0.2, 0.25) is 0 Å². The fourth-order valence-corrected chi connectivity index (χ4v) is 5.22. The Labute approximate surface area is 119 Å². The second kappa shape index (κ2) is 5.76.